The van der Waals surface area contributed by atoms with Gasteiger partial charge < -0.3 is 14.2 Å². The first-order valence-corrected chi connectivity index (χ1v) is 33.0. The highest BCUT2D eigenvalue weighted by Gasteiger charge is 2.43. The number of anilines is 2. The Balaban J connectivity index is 0.938. The maximum atomic E-state index is 7.59. The zero-order chi connectivity index (χ0) is 62.6. The number of rotatable bonds is 8. The van der Waals surface area contributed by atoms with Gasteiger partial charge in [-0.1, -0.05) is 253 Å². The molecule has 14 aromatic rings. The molecule has 16 rings (SSSR count). The third kappa shape index (κ3) is 9.45. The summed E-state index contributed by atoms with van der Waals surface area (Å²) in [5.41, 5.74) is 23.8. The van der Waals surface area contributed by atoms with Gasteiger partial charge in [0.2, 0.25) is 0 Å². The lowest BCUT2D eigenvalue weighted by Gasteiger charge is -2.41. The largest absolute Gasteiger partial charge is 0.458 e. The van der Waals surface area contributed by atoms with Gasteiger partial charge in [-0.2, -0.15) is 0 Å². The SMILES string of the molecule is CC(C)(C)Cc1cc2c3c(c1)N(CCc1c(-c4ccccc4)cc(C(C)(C)C)cc1-c1ccccc1)c1cc(-c4ccc5cccc6c7cccc8cccc(c4c56)c87)ccc1B3c1ccc(-n3c4ccc(C(C)(C)C)cc4c4cc(C(C)(C)C)ccc43)cc1O2. The van der Waals surface area contributed by atoms with Crippen LogP contribution in [0.2, 0.25) is 0 Å². The van der Waals surface area contributed by atoms with Gasteiger partial charge in [0.1, 0.15) is 11.5 Å². The molecule has 3 heterocycles. The van der Waals surface area contributed by atoms with Crippen LogP contribution in [0, 0.1) is 5.41 Å². The molecule has 446 valence electrons. The summed E-state index contributed by atoms with van der Waals surface area (Å²) in [5, 5.41) is 13.0. The van der Waals surface area contributed by atoms with Crippen LogP contribution in [0.1, 0.15) is 111 Å². The summed E-state index contributed by atoms with van der Waals surface area (Å²) >= 11 is 0. The van der Waals surface area contributed by atoms with Gasteiger partial charge >= 0.3 is 0 Å². The van der Waals surface area contributed by atoms with E-state index in [1.807, 2.05) is 0 Å². The predicted molar refractivity (Wildman–Crippen MR) is 392 cm³/mol. The fourth-order valence-corrected chi connectivity index (χ4v) is 15.6. The van der Waals surface area contributed by atoms with Crippen molar-refractivity contribution in [1.82, 2.24) is 4.57 Å². The molecule has 0 radical (unpaired) electrons. The Morgan fingerprint density at radius 2 is 0.956 bits per heavy atom. The summed E-state index contributed by atoms with van der Waals surface area (Å²) in [6, 6.07) is 86.3. The molecule has 0 amide bonds. The van der Waals surface area contributed by atoms with Crippen LogP contribution in [-0.4, -0.2) is 17.8 Å². The predicted octanol–water partition coefficient (Wildman–Crippen LogP) is 21.6. The second kappa shape index (κ2) is 20.6. The minimum atomic E-state index is -0.0957. The molecule has 0 unspecified atom stereocenters. The highest BCUT2D eigenvalue weighted by Crippen LogP contribution is 2.48. The van der Waals surface area contributed by atoms with Crippen LogP contribution in [-0.2, 0) is 29.1 Å². The molecule has 91 heavy (non-hydrogen) atoms. The van der Waals surface area contributed by atoms with E-state index >= 15 is 0 Å². The minimum absolute atomic E-state index is 0.00113. The number of hydrogen-bond acceptors (Lipinski definition) is 2. The highest BCUT2D eigenvalue weighted by atomic mass is 16.5. The Labute approximate surface area is 537 Å². The monoisotopic (exact) mass is 1180 g/mol. The van der Waals surface area contributed by atoms with E-state index in [4.69, 9.17) is 4.74 Å². The molecule has 2 aliphatic heterocycles. The third-order valence-electron chi connectivity index (χ3n) is 20.1. The van der Waals surface area contributed by atoms with Crippen molar-refractivity contribution in [3.8, 4) is 50.6 Å². The summed E-state index contributed by atoms with van der Waals surface area (Å²) in [5.74, 6) is 1.85. The molecule has 1 aromatic heterocycles. The normalized spacial score (nSPS) is 13.5. The Hall–Kier alpha value is -9.38. The summed E-state index contributed by atoms with van der Waals surface area (Å²) in [4.78, 5) is 2.70. The van der Waals surface area contributed by atoms with Gasteiger partial charge in [-0.25, -0.2) is 0 Å². The van der Waals surface area contributed by atoms with Crippen molar-refractivity contribution in [2.45, 2.75) is 112 Å². The van der Waals surface area contributed by atoms with Crippen LogP contribution >= 0.6 is 0 Å². The second-order valence-electron chi connectivity index (χ2n) is 30.6. The second-order valence-corrected chi connectivity index (χ2v) is 30.6. The van der Waals surface area contributed by atoms with Crippen LogP contribution < -0.4 is 26.0 Å². The van der Waals surface area contributed by atoms with Crippen molar-refractivity contribution in [2.75, 3.05) is 11.4 Å². The van der Waals surface area contributed by atoms with Crippen LogP contribution in [0.4, 0.5) is 11.4 Å². The van der Waals surface area contributed by atoms with E-state index in [2.05, 4.69) is 317 Å². The molecule has 0 atom stereocenters. The molecular formula is C87H79BN2O. The van der Waals surface area contributed by atoms with E-state index < -0.39 is 0 Å². The number of aromatic nitrogens is 1. The van der Waals surface area contributed by atoms with Gasteiger partial charge in [0.25, 0.3) is 6.71 Å². The quantitative estimate of drug-likeness (QED) is 0.0857. The van der Waals surface area contributed by atoms with E-state index in [1.54, 1.807) is 0 Å². The molecule has 4 heteroatoms. The summed E-state index contributed by atoms with van der Waals surface area (Å²) in [7, 11) is 0. The maximum Gasteiger partial charge on any atom is 0.256 e. The minimum Gasteiger partial charge on any atom is -0.458 e. The van der Waals surface area contributed by atoms with Gasteiger partial charge in [-0.15, -0.1) is 0 Å². The molecule has 0 aliphatic carbocycles. The van der Waals surface area contributed by atoms with Gasteiger partial charge in [0, 0.05) is 40.4 Å². The molecule has 13 aromatic carbocycles. The lowest BCUT2D eigenvalue weighted by atomic mass is 9.34. The molecule has 0 fully saturated rings. The Kier molecular flexibility index (Phi) is 12.8. The summed E-state index contributed by atoms with van der Waals surface area (Å²) in [6.07, 6.45) is 1.69. The number of fused-ring (bicyclic) bond motifs is 9. The summed E-state index contributed by atoms with van der Waals surface area (Å²) < 4.78 is 10.1. The average Bonchev–Trinajstić information content (AvgIpc) is 0.935. The number of hydrogen-bond donors (Lipinski definition) is 0. The fourth-order valence-electron chi connectivity index (χ4n) is 15.6. The van der Waals surface area contributed by atoms with Crippen molar-refractivity contribution in [1.29, 1.82) is 0 Å². The third-order valence-corrected chi connectivity index (χ3v) is 20.1. The lowest BCUT2D eigenvalue weighted by Crippen LogP contribution is -2.60. The lowest BCUT2D eigenvalue weighted by molar-refractivity contribution is 0.410. The standard InChI is InChI=1S/C87H79BN2O/c1-84(2,3)52-53-44-77-83-79(45-53)91-78-51-62(90-74-40-34-59(85(4,5)6)47-70(74)71-48-60(86(7,8)9)35-41-75(71)90)36-39-73(78)88(83)72-38-33-58(63-37-32-57-28-20-30-66-65-29-19-26-56-27-21-31-67(80(56)65)82(63)81(57)66)46-76(72)89(77)43-42-64-68(54-22-15-13-16-23-54)49-61(87(10,11)12)50-69(64)55-24-17-14-18-25-55/h13-41,44-51H,42-43,52H2,1-12H3. The van der Waals surface area contributed by atoms with Crippen molar-refractivity contribution in [3.05, 3.63) is 252 Å². The molecule has 2 aliphatic rings. The average molecular weight is 1180 g/mol. The van der Waals surface area contributed by atoms with E-state index in [0.717, 1.165) is 36.6 Å². The van der Waals surface area contributed by atoms with E-state index in [0.29, 0.717) is 0 Å². The van der Waals surface area contributed by atoms with Crippen LogP contribution in [0.25, 0.3) is 104 Å². The molecule has 3 nitrogen and oxygen atoms in total. The van der Waals surface area contributed by atoms with Crippen LogP contribution in [0.15, 0.2) is 224 Å². The zero-order valence-electron chi connectivity index (χ0n) is 54.9. The van der Waals surface area contributed by atoms with E-state index in [9.17, 15) is 0 Å². The van der Waals surface area contributed by atoms with Crippen molar-refractivity contribution >= 4 is 99.4 Å². The topological polar surface area (TPSA) is 17.4 Å². The smallest absolute Gasteiger partial charge is 0.256 e. The number of nitrogens with zero attached hydrogens (tertiary/aromatic N) is 2. The van der Waals surface area contributed by atoms with E-state index in [-0.39, 0.29) is 28.4 Å². The molecule has 0 bridgehead atoms. The maximum absolute atomic E-state index is 7.59. The van der Waals surface area contributed by atoms with E-state index in [1.165, 1.54) is 154 Å². The molecule has 0 saturated heterocycles. The highest BCUT2D eigenvalue weighted by molar-refractivity contribution is 6.99. The first kappa shape index (κ1) is 56.8. The van der Waals surface area contributed by atoms with Crippen molar-refractivity contribution in [2.24, 2.45) is 5.41 Å². The zero-order valence-corrected chi connectivity index (χ0v) is 54.9. The molecule has 0 saturated carbocycles. The van der Waals surface area contributed by atoms with Gasteiger partial charge in [0.15, 0.2) is 0 Å². The first-order valence-electron chi connectivity index (χ1n) is 33.0. The van der Waals surface area contributed by atoms with Gasteiger partial charge in [-0.3, -0.25) is 0 Å². The molecule has 0 N–H and O–H groups in total. The molecule has 0 spiro atoms. The Morgan fingerprint density at radius 1 is 0.385 bits per heavy atom. The summed E-state index contributed by atoms with van der Waals surface area (Å²) in [6.45, 7) is 28.7. The number of ether oxygens (including phenoxy) is 1. The Morgan fingerprint density at radius 3 is 1.55 bits per heavy atom. The van der Waals surface area contributed by atoms with Crippen LogP contribution in [0.5, 0.6) is 11.5 Å². The first-order chi connectivity index (χ1) is 43.6. The van der Waals surface area contributed by atoms with Crippen LogP contribution in [0.3, 0.4) is 0 Å². The Bertz CT molecular complexity index is 5130. The van der Waals surface area contributed by atoms with Gasteiger partial charge in [-0.05, 0) is 204 Å². The van der Waals surface area contributed by atoms with Crippen molar-refractivity contribution < 1.29 is 4.74 Å². The van der Waals surface area contributed by atoms with Gasteiger partial charge in [0.05, 0.1) is 11.0 Å². The fraction of sp³-hybridized carbons (Fsp3) is 0.218. The van der Waals surface area contributed by atoms with Crippen molar-refractivity contribution in [3.63, 3.8) is 0 Å². The number of benzene rings is 13. The molecular weight excluding hydrogens is 1100 g/mol.